The van der Waals surface area contributed by atoms with Gasteiger partial charge in [-0.3, -0.25) is 9.59 Å². The molecule has 8 nitrogen and oxygen atoms in total. The fraction of sp³-hybridized carbons (Fsp3) is 0.333. The molecule has 2 aliphatic rings. The molecule has 1 atom stereocenters. The molecule has 1 fully saturated rings. The van der Waals surface area contributed by atoms with Gasteiger partial charge in [-0.1, -0.05) is 12.6 Å². The molecule has 0 aliphatic carbocycles. The Labute approximate surface area is 173 Å². The highest BCUT2D eigenvalue weighted by atomic mass is 19.1. The van der Waals surface area contributed by atoms with Gasteiger partial charge in [0.05, 0.1) is 6.20 Å². The van der Waals surface area contributed by atoms with Gasteiger partial charge in [0.25, 0.3) is 5.91 Å². The Hall–Kier alpha value is -3.49. The number of anilines is 3. The lowest BCUT2D eigenvalue weighted by molar-refractivity contribution is -0.127. The van der Waals surface area contributed by atoms with Crippen LogP contribution in [0.4, 0.5) is 21.8 Å². The maximum Gasteiger partial charge on any atom is 0.254 e. The number of benzene rings is 1. The second-order valence-electron chi connectivity index (χ2n) is 7.52. The van der Waals surface area contributed by atoms with Crippen LogP contribution in [-0.2, 0) is 11.3 Å². The molecule has 2 aliphatic heterocycles. The lowest BCUT2D eigenvalue weighted by atomic mass is 10.1. The van der Waals surface area contributed by atoms with Gasteiger partial charge < -0.3 is 20.4 Å². The maximum atomic E-state index is 14.3. The summed E-state index contributed by atoms with van der Waals surface area (Å²) in [5.41, 5.74) is 2.25. The molecule has 0 saturated carbocycles. The number of hydrogen-bond donors (Lipinski definition) is 2. The summed E-state index contributed by atoms with van der Waals surface area (Å²) in [5, 5.41) is 6.12. The van der Waals surface area contributed by atoms with E-state index in [1.54, 1.807) is 22.9 Å². The van der Waals surface area contributed by atoms with Crippen LogP contribution < -0.4 is 10.6 Å². The Balaban J connectivity index is 1.48. The molecule has 1 saturated heterocycles. The van der Waals surface area contributed by atoms with Crippen molar-refractivity contribution in [2.75, 3.05) is 30.8 Å². The molecule has 1 aromatic heterocycles. The average molecular weight is 410 g/mol. The lowest BCUT2D eigenvalue weighted by Crippen LogP contribution is -2.44. The summed E-state index contributed by atoms with van der Waals surface area (Å²) < 4.78 is 14.3. The Kier molecular flexibility index (Phi) is 5.35. The molecule has 0 spiro atoms. The molecule has 9 heteroatoms. The van der Waals surface area contributed by atoms with E-state index in [-0.39, 0.29) is 29.6 Å². The van der Waals surface area contributed by atoms with E-state index in [4.69, 9.17) is 0 Å². The molecule has 2 aromatic rings. The Morgan fingerprint density at radius 2 is 2.23 bits per heavy atom. The van der Waals surface area contributed by atoms with Gasteiger partial charge >= 0.3 is 0 Å². The van der Waals surface area contributed by atoms with Crippen LogP contribution in [0.1, 0.15) is 28.8 Å². The van der Waals surface area contributed by atoms with Crippen LogP contribution in [0.5, 0.6) is 0 Å². The SMILES string of the molecule is C=CC(=O)N1CCCC(Nc2nc(Nc3ccc4c(c3)C(=O)N(C)C4)ncc2F)C1. The molecule has 2 N–H and O–H groups in total. The number of piperidine rings is 1. The minimum absolute atomic E-state index is 0.0352. The summed E-state index contributed by atoms with van der Waals surface area (Å²) in [4.78, 5) is 35.6. The molecule has 2 amide bonds. The van der Waals surface area contributed by atoms with E-state index < -0.39 is 5.82 Å². The van der Waals surface area contributed by atoms with E-state index in [2.05, 4.69) is 27.2 Å². The third-order valence-electron chi connectivity index (χ3n) is 5.34. The summed E-state index contributed by atoms with van der Waals surface area (Å²) in [6.07, 6.45) is 3.99. The summed E-state index contributed by atoms with van der Waals surface area (Å²) >= 11 is 0. The first-order chi connectivity index (χ1) is 14.4. The number of likely N-dealkylation sites (tertiary alicyclic amines) is 1. The second-order valence-corrected chi connectivity index (χ2v) is 7.52. The van der Waals surface area contributed by atoms with Crippen LogP contribution in [-0.4, -0.2) is 57.8 Å². The highest BCUT2D eigenvalue weighted by Crippen LogP contribution is 2.26. The highest BCUT2D eigenvalue weighted by molar-refractivity contribution is 5.99. The summed E-state index contributed by atoms with van der Waals surface area (Å²) in [6, 6.07) is 5.36. The molecule has 156 valence electrons. The Morgan fingerprint density at radius 3 is 3.03 bits per heavy atom. The zero-order chi connectivity index (χ0) is 21.3. The van der Waals surface area contributed by atoms with Crippen LogP contribution in [0.25, 0.3) is 0 Å². The zero-order valence-electron chi connectivity index (χ0n) is 16.7. The van der Waals surface area contributed by atoms with Crippen molar-refractivity contribution in [1.29, 1.82) is 0 Å². The maximum absolute atomic E-state index is 14.3. The van der Waals surface area contributed by atoms with Crippen LogP contribution in [0, 0.1) is 5.82 Å². The average Bonchev–Trinajstić information content (AvgIpc) is 3.03. The van der Waals surface area contributed by atoms with E-state index in [9.17, 15) is 14.0 Å². The van der Waals surface area contributed by atoms with Gasteiger partial charge in [-0.15, -0.1) is 0 Å². The van der Waals surface area contributed by atoms with Crippen molar-refractivity contribution in [3.63, 3.8) is 0 Å². The molecule has 30 heavy (non-hydrogen) atoms. The number of carbonyl (C=O) groups excluding carboxylic acids is 2. The molecule has 4 rings (SSSR count). The van der Waals surface area contributed by atoms with E-state index in [1.165, 1.54) is 6.08 Å². The van der Waals surface area contributed by atoms with Crippen molar-refractivity contribution in [3.05, 3.63) is 54.0 Å². The Bertz CT molecular complexity index is 1010. The predicted molar refractivity (Wildman–Crippen MR) is 111 cm³/mol. The largest absolute Gasteiger partial charge is 0.363 e. The van der Waals surface area contributed by atoms with E-state index in [0.29, 0.717) is 30.9 Å². The molecule has 0 radical (unpaired) electrons. The van der Waals surface area contributed by atoms with Crippen LogP contribution in [0.2, 0.25) is 0 Å². The number of amides is 2. The fourth-order valence-corrected chi connectivity index (χ4v) is 3.80. The van der Waals surface area contributed by atoms with Gasteiger partial charge in [0.1, 0.15) is 0 Å². The lowest BCUT2D eigenvalue weighted by Gasteiger charge is -2.32. The smallest absolute Gasteiger partial charge is 0.254 e. The number of halogens is 1. The highest BCUT2D eigenvalue weighted by Gasteiger charge is 2.25. The molecule has 3 heterocycles. The molecule has 1 unspecified atom stereocenters. The summed E-state index contributed by atoms with van der Waals surface area (Å²) in [7, 11) is 1.76. The van der Waals surface area contributed by atoms with Crippen molar-refractivity contribution in [3.8, 4) is 0 Å². The van der Waals surface area contributed by atoms with Crippen molar-refractivity contribution in [2.45, 2.75) is 25.4 Å². The van der Waals surface area contributed by atoms with Gasteiger partial charge in [0.2, 0.25) is 11.9 Å². The van der Waals surface area contributed by atoms with Gasteiger partial charge in [0.15, 0.2) is 11.6 Å². The van der Waals surface area contributed by atoms with Gasteiger partial charge in [0, 0.05) is 44.0 Å². The molecule has 0 bridgehead atoms. The number of rotatable bonds is 5. The van der Waals surface area contributed by atoms with Gasteiger partial charge in [-0.2, -0.15) is 4.98 Å². The van der Waals surface area contributed by atoms with E-state index >= 15 is 0 Å². The first kappa shape index (κ1) is 19.8. The third kappa shape index (κ3) is 3.96. The first-order valence-electron chi connectivity index (χ1n) is 9.80. The monoisotopic (exact) mass is 410 g/mol. The van der Waals surface area contributed by atoms with Gasteiger partial charge in [-0.25, -0.2) is 9.37 Å². The minimum Gasteiger partial charge on any atom is -0.363 e. The van der Waals surface area contributed by atoms with Crippen molar-refractivity contribution in [1.82, 2.24) is 19.8 Å². The number of fused-ring (bicyclic) bond motifs is 1. The third-order valence-corrected chi connectivity index (χ3v) is 5.34. The number of aromatic nitrogens is 2. The van der Waals surface area contributed by atoms with Crippen LogP contribution in [0.15, 0.2) is 37.1 Å². The molecule has 1 aromatic carbocycles. The predicted octanol–water partition coefficient (Wildman–Crippen LogP) is 2.53. The van der Waals surface area contributed by atoms with Gasteiger partial charge in [-0.05, 0) is 36.6 Å². The quantitative estimate of drug-likeness (QED) is 0.737. The van der Waals surface area contributed by atoms with E-state index in [0.717, 1.165) is 24.6 Å². The van der Waals surface area contributed by atoms with Crippen LogP contribution >= 0.6 is 0 Å². The second kappa shape index (κ2) is 8.10. The van der Waals surface area contributed by atoms with Crippen molar-refractivity contribution >= 4 is 29.3 Å². The number of carbonyl (C=O) groups is 2. The number of hydrogen-bond acceptors (Lipinski definition) is 6. The Morgan fingerprint density at radius 1 is 1.40 bits per heavy atom. The molecular formula is C21H23FN6O2. The normalized spacial score (nSPS) is 18.2. The zero-order valence-corrected chi connectivity index (χ0v) is 16.7. The summed E-state index contributed by atoms with van der Waals surface area (Å²) in [6.45, 7) is 5.22. The number of nitrogens with zero attached hydrogens (tertiary/aromatic N) is 4. The standard InChI is InChI=1S/C21H23FN6O2/c1-3-18(29)28-8-4-5-15(12-28)24-19-17(22)10-23-21(26-19)25-14-7-6-13-11-27(2)20(30)16(13)9-14/h3,6-7,9-10,15H,1,4-5,8,11-12H2,2H3,(H2,23,24,25,26). The van der Waals surface area contributed by atoms with E-state index in [1.807, 2.05) is 12.1 Å². The fourth-order valence-electron chi connectivity index (χ4n) is 3.80. The van der Waals surface area contributed by atoms with Crippen molar-refractivity contribution < 1.29 is 14.0 Å². The van der Waals surface area contributed by atoms with Crippen LogP contribution in [0.3, 0.4) is 0 Å². The number of nitrogens with one attached hydrogen (secondary N) is 2. The topological polar surface area (TPSA) is 90.5 Å². The summed E-state index contributed by atoms with van der Waals surface area (Å²) in [5.74, 6) is -0.455. The minimum atomic E-state index is -0.571. The molecular weight excluding hydrogens is 387 g/mol. The first-order valence-corrected chi connectivity index (χ1v) is 9.80. The van der Waals surface area contributed by atoms with Crippen molar-refractivity contribution in [2.24, 2.45) is 0 Å².